The molecule has 0 radical (unpaired) electrons. The number of fused-ring (bicyclic) bond motifs is 1. The second-order valence-electron chi connectivity index (χ2n) is 5.96. The lowest BCUT2D eigenvalue weighted by Crippen LogP contribution is -2.35. The Kier molecular flexibility index (Phi) is 3.82. The number of carboxylic acids is 1. The Hall–Kier alpha value is -0.580. The number of nitrogens with zero attached hydrogens (tertiary/aromatic N) is 1. The van der Waals surface area contributed by atoms with Crippen molar-refractivity contribution in [1.29, 1.82) is 0 Å². The van der Waals surface area contributed by atoms with Crippen LogP contribution in [0.2, 0.25) is 5.02 Å². The first-order valence-corrected chi connectivity index (χ1v) is 8.08. The summed E-state index contributed by atoms with van der Waals surface area (Å²) in [7, 11) is 0. The summed E-state index contributed by atoms with van der Waals surface area (Å²) >= 11 is 9.48. The SMILES string of the molecule is O=C(O)[C@@]12CCC[C@H]1CN(Cc1ccc(Cl)cc1Br)C2. The van der Waals surface area contributed by atoms with Gasteiger partial charge in [0.25, 0.3) is 0 Å². The topological polar surface area (TPSA) is 40.5 Å². The van der Waals surface area contributed by atoms with E-state index in [1.807, 2.05) is 18.2 Å². The monoisotopic (exact) mass is 357 g/mol. The van der Waals surface area contributed by atoms with Gasteiger partial charge in [-0.15, -0.1) is 0 Å². The Balaban J connectivity index is 1.76. The van der Waals surface area contributed by atoms with Crippen molar-refractivity contribution >= 4 is 33.5 Å². The van der Waals surface area contributed by atoms with Crippen LogP contribution in [0.25, 0.3) is 0 Å². The minimum atomic E-state index is -0.613. The van der Waals surface area contributed by atoms with Gasteiger partial charge >= 0.3 is 5.97 Å². The molecule has 108 valence electrons. The highest BCUT2D eigenvalue weighted by Gasteiger charge is 2.54. The van der Waals surface area contributed by atoms with Crippen molar-refractivity contribution in [1.82, 2.24) is 4.90 Å². The maximum atomic E-state index is 11.7. The van der Waals surface area contributed by atoms with Crippen LogP contribution in [0.4, 0.5) is 0 Å². The Morgan fingerprint density at radius 3 is 3.00 bits per heavy atom. The van der Waals surface area contributed by atoms with E-state index in [0.29, 0.717) is 17.5 Å². The minimum absolute atomic E-state index is 0.311. The zero-order valence-electron chi connectivity index (χ0n) is 11.1. The third kappa shape index (κ3) is 2.38. The minimum Gasteiger partial charge on any atom is -0.481 e. The summed E-state index contributed by atoms with van der Waals surface area (Å²) < 4.78 is 0.992. The van der Waals surface area contributed by atoms with E-state index in [2.05, 4.69) is 20.8 Å². The smallest absolute Gasteiger partial charge is 0.311 e. The number of aliphatic carboxylic acids is 1. The van der Waals surface area contributed by atoms with E-state index in [1.165, 1.54) is 0 Å². The second kappa shape index (κ2) is 5.32. The molecule has 2 aliphatic rings. The van der Waals surface area contributed by atoms with Crippen LogP contribution in [0.1, 0.15) is 24.8 Å². The fourth-order valence-corrected chi connectivity index (χ4v) is 4.56. The van der Waals surface area contributed by atoms with Gasteiger partial charge in [0.2, 0.25) is 0 Å². The van der Waals surface area contributed by atoms with Gasteiger partial charge in [-0.3, -0.25) is 9.69 Å². The first-order valence-electron chi connectivity index (χ1n) is 6.91. The molecule has 1 aromatic carbocycles. The molecule has 3 nitrogen and oxygen atoms in total. The molecule has 0 bridgehead atoms. The number of carboxylic acid groups (broad SMARTS) is 1. The van der Waals surface area contributed by atoms with Crippen LogP contribution in [0.3, 0.4) is 0 Å². The highest BCUT2D eigenvalue weighted by atomic mass is 79.9. The van der Waals surface area contributed by atoms with E-state index >= 15 is 0 Å². The Bertz CT molecular complexity index is 551. The van der Waals surface area contributed by atoms with Crippen LogP contribution in [0, 0.1) is 11.3 Å². The van der Waals surface area contributed by atoms with Crippen molar-refractivity contribution in [3.8, 4) is 0 Å². The van der Waals surface area contributed by atoms with Gasteiger partial charge in [0.15, 0.2) is 0 Å². The lowest BCUT2D eigenvalue weighted by atomic mass is 9.81. The molecule has 1 aliphatic carbocycles. The van der Waals surface area contributed by atoms with Gasteiger partial charge in [-0.2, -0.15) is 0 Å². The molecule has 1 saturated heterocycles. The summed E-state index contributed by atoms with van der Waals surface area (Å²) in [4.78, 5) is 13.9. The average molecular weight is 359 g/mol. The van der Waals surface area contributed by atoms with Gasteiger partial charge in [0.1, 0.15) is 0 Å². The van der Waals surface area contributed by atoms with E-state index in [9.17, 15) is 9.90 Å². The molecule has 0 aromatic heterocycles. The number of benzene rings is 1. The second-order valence-corrected chi connectivity index (χ2v) is 7.25. The number of likely N-dealkylation sites (tertiary alicyclic amines) is 1. The molecule has 1 aliphatic heterocycles. The van der Waals surface area contributed by atoms with Crippen molar-refractivity contribution in [2.45, 2.75) is 25.8 Å². The Morgan fingerprint density at radius 1 is 1.55 bits per heavy atom. The molecular formula is C15H17BrClNO2. The summed E-state index contributed by atoms with van der Waals surface area (Å²) in [6.45, 7) is 2.34. The molecule has 2 atom stereocenters. The molecule has 0 spiro atoms. The number of rotatable bonds is 3. The van der Waals surface area contributed by atoms with E-state index in [-0.39, 0.29) is 0 Å². The van der Waals surface area contributed by atoms with Crippen molar-refractivity contribution in [2.24, 2.45) is 11.3 Å². The fraction of sp³-hybridized carbons (Fsp3) is 0.533. The molecule has 1 aromatic rings. The van der Waals surface area contributed by atoms with Crippen LogP contribution >= 0.6 is 27.5 Å². The average Bonchev–Trinajstić information content (AvgIpc) is 2.90. The maximum absolute atomic E-state index is 11.7. The van der Waals surface area contributed by atoms with Crippen molar-refractivity contribution in [3.05, 3.63) is 33.3 Å². The van der Waals surface area contributed by atoms with Gasteiger partial charge in [-0.05, 0) is 36.5 Å². The largest absolute Gasteiger partial charge is 0.481 e. The van der Waals surface area contributed by atoms with Crippen LogP contribution in [0.5, 0.6) is 0 Å². The predicted molar refractivity (Wildman–Crippen MR) is 81.8 cm³/mol. The highest BCUT2D eigenvalue weighted by molar-refractivity contribution is 9.10. The van der Waals surface area contributed by atoms with Crippen LogP contribution in [-0.4, -0.2) is 29.1 Å². The summed E-state index contributed by atoms with van der Waals surface area (Å²) in [6.07, 6.45) is 2.92. The number of hydrogen-bond acceptors (Lipinski definition) is 2. The molecule has 2 fully saturated rings. The number of halogens is 2. The molecule has 1 heterocycles. The van der Waals surface area contributed by atoms with Crippen LogP contribution < -0.4 is 0 Å². The van der Waals surface area contributed by atoms with E-state index in [0.717, 1.165) is 42.4 Å². The van der Waals surface area contributed by atoms with Gasteiger partial charge < -0.3 is 5.11 Å². The lowest BCUT2D eigenvalue weighted by Gasteiger charge is -2.23. The normalized spacial score (nSPS) is 29.6. The predicted octanol–water partition coefficient (Wildman–Crippen LogP) is 3.79. The quantitative estimate of drug-likeness (QED) is 0.893. The van der Waals surface area contributed by atoms with Crippen molar-refractivity contribution in [3.63, 3.8) is 0 Å². The number of hydrogen-bond donors (Lipinski definition) is 1. The van der Waals surface area contributed by atoms with Crippen molar-refractivity contribution < 1.29 is 9.90 Å². The Morgan fingerprint density at radius 2 is 2.35 bits per heavy atom. The van der Waals surface area contributed by atoms with E-state index < -0.39 is 11.4 Å². The van der Waals surface area contributed by atoms with Gasteiger partial charge in [-0.25, -0.2) is 0 Å². The fourth-order valence-electron chi connectivity index (χ4n) is 3.75. The molecule has 0 amide bonds. The molecular weight excluding hydrogens is 342 g/mol. The van der Waals surface area contributed by atoms with Crippen molar-refractivity contribution in [2.75, 3.05) is 13.1 Å². The zero-order valence-corrected chi connectivity index (χ0v) is 13.5. The maximum Gasteiger partial charge on any atom is 0.311 e. The Labute approximate surface area is 132 Å². The van der Waals surface area contributed by atoms with Crippen LogP contribution in [0.15, 0.2) is 22.7 Å². The first kappa shape index (κ1) is 14.4. The van der Waals surface area contributed by atoms with Gasteiger partial charge in [0.05, 0.1) is 5.41 Å². The first-order chi connectivity index (χ1) is 9.51. The molecule has 5 heteroatoms. The van der Waals surface area contributed by atoms with E-state index in [4.69, 9.17) is 11.6 Å². The molecule has 20 heavy (non-hydrogen) atoms. The third-order valence-corrected chi connectivity index (χ3v) is 5.75. The van der Waals surface area contributed by atoms with Gasteiger partial charge in [-0.1, -0.05) is 40.0 Å². The lowest BCUT2D eigenvalue weighted by molar-refractivity contribution is -0.149. The summed E-state index contributed by atoms with van der Waals surface area (Å²) in [5.74, 6) is -0.302. The number of carbonyl (C=O) groups is 1. The summed E-state index contributed by atoms with van der Waals surface area (Å²) in [6, 6.07) is 5.78. The standard InChI is InChI=1S/C15H17BrClNO2/c16-13-6-12(17)4-3-10(13)7-18-8-11-2-1-5-15(11,9-18)14(19)20/h3-4,6,11H,1-2,5,7-9H2,(H,19,20)/t11-,15+/m0/s1. The summed E-state index contributed by atoms with van der Waals surface area (Å²) in [5.41, 5.74) is 0.661. The molecule has 3 rings (SSSR count). The van der Waals surface area contributed by atoms with Gasteiger partial charge in [0, 0.05) is 29.1 Å². The molecule has 0 unspecified atom stereocenters. The highest BCUT2D eigenvalue weighted by Crippen LogP contribution is 2.49. The summed E-state index contributed by atoms with van der Waals surface area (Å²) in [5, 5.41) is 10.3. The zero-order chi connectivity index (χ0) is 14.3. The van der Waals surface area contributed by atoms with Crippen LogP contribution in [-0.2, 0) is 11.3 Å². The van der Waals surface area contributed by atoms with E-state index in [1.54, 1.807) is 0 Å². The third-order valence-electron chi connectivity index (χ3n) is 4.78. The molecule has 1 N–H and O–H groups in total. The molecule has 1 saturated carbocycles.